The minimum atomic E-state index is -4.55. The van der Waals surface area contributed by atoms with Crippen LogP contribution < -0.4 is 10.1 Å². The number of carbonyl (C=O) groups is 1. The van der Waals surface area contributed by atoms with E-state index in [-0.39, 0.29) is 39.6 Å². The molecule has 0 saturated heterocycles. The second-order valence-electron chi connectivity index (χ2n) is 13.2. The van der Waals surface area contributed by atoms with E-state index in [2.05, 4.69) is 31.1 Å². The van der Waals surface area contributed by atoms with E-state index in [4.69, 9.17) is 9.47 Å². The van der Waals surface area contributed by atoms with Crippen molar-refractivity contribution in [2.45, 2.75) is 109 Å². The van der Waals surface area contributed by atoms with Crippen molar-refractivity contribution < 1.29 is 27.4 Å². The van der Waals surface area contributed by atoms with E-state index in [1.54, 1.807) is 12.1 Å². The summed E-state index contributed by atoms with van der Waals surface area (Å²) in [5, 5.41) is 3.71. The van der Waals surface area contributed by atoms with Crippen molar-refractivity contribution in [1.29, 1.82) is 0 Å². The summed E-state index contributed by atoms with van der Waals surface area (Å²) in [6.45, 7) is 7.14. The van der Waals surface area contributed by atoms with Crippen molar-refractivity contribution in [1.82, 2.24) is 10.3 Å². The van der Waals surface area contributed by atoms with Gasteiger partial charge in [-0.2, -0.15) is 13.2 Å². The van der Waals surface area contributed by atoms with Crippen molar-refractivity contribution in [3.8, 4) is 5.75 Å². The lowest BCUT2D eigenvalue weighted by Gasteiger charge is -2.52. The second-order valence-corrected chi connectivity index (χ2v) is 13.2. The number of hydrogen-bond donors (Lipinski definition) is 1. The highest BCUT2D eigenvalue weighted by atomic mass is 19.4. The summed E-state index contributed by atoms with van der Waals surface area (Å²) in [5.41, 5.74) is 0.0772. The summed E-state index contributed by atoms with van der Waals surface area (Å²) >= 11 is 0. The lowest BCUT2D eigenvalue weighted by Crippen LogP contribution is -2.56. The highest BCUT2D eigenvalue weighted by molar-refractivity contribution is 5.85. The number of nitrogens with one attached hydrogen (secondary N) is 1. The van der Waals surface area contributed by atoms with Crippen LogP contribution in [-0.2, 0) is 22.3 Å². The predicted octanol–water partition coefficient (Wildman–Crippen LogP) is 7.59. The molecule has 1 heterocycles. The second kappa shape index (κ2) is 10.2. The number of methoxy groups -OCH3 is 1. The van der Waals surface area contributed by atoms with Crippen LogP contribution in [0.2, 0.25) is 0 Å². The molecule has 4 aliphatic rings. The average molecular weight is 547 g/mol. The summed E-state index contributed by atoms with van der Waals surface area (Å²) in [7, 11) is 1.45. The standard InChI is InChI=1S/C31H41F3N2O3/c1-28(2,3)20-5-8-22(9-6-20)39-25-12-11-24-23(26(25)31(32,33)34)10-7-21(36-24)19-35-30-16-13-29(14-17-30,15-18-30)27(37)38-4/h7,10-12,20,22,35H,5-6,8-9,13-19H2,1-4H3. The molecule has 0 atom stereocenters. The molecule has 8 heteroatoms. The Morgan fingerprint density at radius 1 is 0.974 bits per heavy atom. The molecule has 4 fully saturated rings. The molecular formula is C31H41F3N2O3. The maximum absolute atomic E-state index is 14.3. The topological polar surface area (TPSA) is 60.5 Å². The molecule has 1 N–H and O–H groups in total. The Kier molecular flexibility index (Phi) is 7.40. The molecule has 4 aliphatic carbocycles. The van der Waals surface area contributed by atoms with Gasteiger partial charge in [0, 0.05) is 17.5 Å². The number of esters is 1. The van der Waals surface area contributed by atoms with Gasteiger partial charge in [0.2, 0.25) is 0 Å². The number of halogens is 3. The molecule has 5 nitrogen and oxygen atoms in total. The lowest BCUT2D eigenvalue weighted by atomic mass is 9.57. The summed E-state index contributed by atoms with van der Waals surface area (Å²) in [5.74, 6) is 0.358. The van der Waals surface area contributed by atoms with Gasteiger partial charge in [-0.1, -0.05) is 26.8 Å². The molecule has 1 aromatic heterocycles. The van der Waals surface area contributed by atoms with Gasteiger partial charge in [-0.3, -0.25) is 9.78 Å². The van der Waals surface area contributed by atoms with Crippen LogP contribution in [0.3, 0.4) is 0 Å². The number of hydrogen-bond acceptors (Lipinski definition) is 5. The molecule has 0 aliphatic heterocycles. The minimum Gasteiger partial charge on any atom is -0.490 e. The van der Waals surface area contributed by atoms with Gasteiger partial charge in [0.15, 0.2) is 0 Å². The van der Waals surface area contributed by atoms with Crippen LogP contribution >= 0.6 is 0 Å². The number of benzene rings is 1. The van der Waals surface area contributed by atoms with Gasteiger partial charge in [0.25, 0.3) is 0 Å². The number of nitrogens with zero attached hydrogens (tertiary/aromatic N) is 1. The molecule has 1 aromatic carbocycles. The van der Waals surface area contributed by atoms with Crippen molar-refractivity contribution in [3.63, 3.8) is 0 Å². The fourth-order valence-corrected chi connectivity index (χ4v) is 7.19. The third-order valence-electron chi connectivity index (χ3n) is 9.88. The van der Waals surface area contributed by atoms with Crippen molar-refractivity contribution >= 4 is 16.9 Å². The smallest absolute Gasteiger partial charge is 0.420 e. The van der Waals surface area contributed by atoms with E-state index in [9.17, 15) is 18.0 Å². The Hall–Kier alpha value is -2.35. The SMILES string of the molecule is COC(=O)C12CCC(NCc3ccc4c(C(F)(F)F)c(OC5CCC(C(C)(C)C)CC5)ccc4n3)(CC1)CC2. The number of aromatic nitrogens is 1. The molecule has 214 valence electrons. The first-order chi connectivity index (χ1) is 18.3. The summed E-state index contributed by atoms with van der Waals surface area (Å²) in [4.78, 5) is 16.9. The zero-order chi connectivity index (χ0) is 28.1. The monoisotopic (exact) mass is 546 g/mol. The highest BCUT2D eigenvalue weighted by Crippen LogP contribution is 2.53. The van der Waals surface area contributed by atoms with Gasteiger partial charge in [-0.25, -0.2) is 0 Å². The maximum atomic E-state index is 14.3. The van der Waals surface area contributed by atoms with Gasteiger partial charge in [0.1, 0.15) is 11.3 Å². The van der Waals surface area contributed by atoms with Gasteiger partial charge in [-0.15, -0.1) is 0 Å². The van der Waals surface area contributed by atoms with E-state index >= 15 is 0 Å². The van der Waals surface area contributed by atoms with Gasteiger partial charge in [0.05, 0.1) is 29.8 Å². The minimum absolute atomic E-state index is 0.0623. The van der Waals surface area contributed by atoms with Crippen LogP contribution in [0, 0.1) is 16.7 Å². The van der Waals surface area contributed by atoms with Gasteiger partial charge >= 0.3 is 12.1 Å². The van der Waals surface area contributed by atoms with E-state index in [0.29, 0.717) is 23.7 Å². The quantitative estimate of drug-likeness (QED) is 0.378. The molecule has 0 radical (unpaired) electrons. The third kappa shape index (κ3) is 5.63. The van der Waals surface area contributed by atoms with E-state index in [1.165, 1.54) is 19.2 Å². The summed E-state index contributed by atoms with van der Waals surface area (Å²) in [6, 6.07) is 6.31. The predicted molar refractivity (Wildman–Crippen MR) is 144 cm³/mol. The number of pyridine rings is 1. The number of carbonyl (C=O) groups excluding carboxylic acids is 1. The van der Waals surface area contributed by atoms with Crippen LogP contribution in [0.25, 0.3) is 10.9 Å². The average Bonchev–Trinajstić information content (AvgIpc) is 2.91. The van der Waals surface area contributed by atoms with Gasteiger partial charge < -0.3 is 14.8 Å². The number of fused-ring (bicyclic) bond motifs is 4. The van der Waals surface area contributed by atoms with Crippen LogP contribution in [0.4, 0.5) is 13.2 Å². The fraction of sp³-hybridized carbons (Fsp3) is 0.677. The number of rotatable bonds is 6. The van der Waals surface area contributed by atoms with E-state index in [1.807, 2.05) is 0 Å². The molecule has 0 spiro atoms. The van der Waals surface area contributed by atoms with Crippen molar-refractivity contribution in [2.75, 3.05) is 7.11 Å². The Morgan fingerprint density at radius 3 is 2.18 bits per heavy atom. The van der Waals surface area contributed by atoms with Crippen LogP contribution in [0.5, 0.6) is 5.75 Å². The van der Waals surface area contributed by atoms with E-state index in [0.717, 1.165) is 64.2 Å². The zero-order valence-corrected chi connectivity index (χ0v) is 23.5. The highest BCUT2D eigenvalue weighted by Gasteiger charge is 2.52. The molecular weight excluding hydrogens is 505 g/mol. The van der Waals surface area contributed by atoms with Crippen molar-refractivity contribution in [3.05, 3.63) is 35.5 Å². The molecule has 2 bridgehead atoms. The first-order valence-corrected chi connectivity index (χ1v) is 14.3. The normalized spacial score (nSPS) is 29.4. The van der Waals surface area contributed by atoms with E-state index < -0.39 is 11.7 Å². The Bertz CT molecular complexity index is 1190. The van der Waals surface area contributed by atoms with Crippen molar-refractivity contribution in [2.24, 2.45) is 16.7 Å². The molecule has 0 amide bonds. The molecule has 4 saturated carbocycles. The molecule has 0 unspecified atom stereocenters. The fourth-order valence-electron chi connectivity index (χ4n) is 7.19. The Balaban J connectivity index is 1.29. The van der Waals surface area contributed by atoms with Crippen LogP contribution in [0.15, 0.2) is 24.3 Å². The van der Waals surface area contributed by atoms with Gasteiger partial charge in [-0.05, 0) is 93.7 Å². The first kappa shape index (κ1) is 28.2. The molecule has 2 aromatic rings. The Labute approximate surface area is 229 Å². The summed E-state index contributed by atoms with van der Waals surface area (Å²) < 4.78 is 54.0. The largest absolute Gasteiger partial charge is 0.490 e. The van der Waals surface area contributed by atoms with Crippen LogP contribution in [0.1, 0.15) is 96.2 Å². The van der Waals surface area contributed by atoms with Crippen LogP contribution in [-0.4, -0.2) is 29.7 Å². The number of ether oxygens (including phenoxy) is 2. The third-order valence-corrected chi connectivity index (χ3v) is 9.88. The first-order valence-electron chi connectivity index (χ1n) is 14.3. The lowest BCUT2D eigenvalue weighted by molar-refractivity contribution is -0.160. The molecule has 39 heavy (non-hydrogen) atoms. The Morgan fingerprint density at radius 2 is 1.62 bits per heavy atom. The summed E-state index contributed by atoms with van der Waals surface area (Å²) in [6.07, 6.45) is 3.75. The maximum Gasteiger partial charge on any atom is 0.420 e. The number of alkyl halides is 3. The zero-order valence-electron chi connectivity index (χ0n) is 23.5. The molecule has 6 rings (SSSR count).